The second kappa shape index (κ2) is 9.42. The average Bonchev–Trinajstić information content (AvgIpc) is 2.59. The van der Waals surface area contributed by atoms with Gasteiger partial charge in [-0.3, -0.25) is 14.2 Å². The molecule has 0 saturated carbocycles. The Morgan fingerprint density at radius 2 is 2.00 bits per heavy atom. The minimum Gasteiger partial charge on any atom is -0.343 e. The topological polar surface area (TPSA) is 55.2 Å². The van der Waals surface area contributed by atoms with Crippen molar-refractivity contribution in [3.05, 3.63) is 33.6 Å². The lowest BCUT2D eigenvalue weighted by atomic mass is 10.1. The lowest BCUT2D eigenvalue weighted by molar-refractivity contribution is -0.127. The van der Waals surface area contributed by atoms with Gasteiger partial charge in [0.2, 0.25) is 5.91 Å². The standard InChI is InChI=1S/C19H26ClN3O2S/c1-5-22(6-2)17(24)12-26-19-21-16-11-14(20)7-8-15(16)18(25)23(19)10-9-13(3)4/h7-8,11,13H,5-6,9-10,12H2,1-4H3. The van der Waals surface area contributed by atoms with E-state index >= 15 is 0 Å². The van der Waals surface area contributed by atoms with Crippen LogP contribution in [0.5, 0.6) is 0 Å². The molecule has 1 heterocycles. The van der Waals surface area contributed by atoms with Crippen molar-refractivity contribution < 1.29 is 4.79 Å². The van der Waals surface area contributed by atoms with Gasteiger partial charge in [-0.25, -0.2) is 4.98 Å². The number of hydrogen-bond donors (Lipinski definition) is 0. The lowest BCUT2D eigenvalue weighted by Gasteiger charge is -2.19. The highest BCUT2D eigenvalue weighted by Crippen LogP contribution is 2.21. The molecule has 7 heteroatoms. The summed E-state index contributed by atoms with van der Waals surface area (Å²) < 4.78 is 1.69. The van der Waals surface area contributed by atoms with E-state index in [1.54, 1.807) is 27.7 Å². The lowest BCUT2D eigenvalue weighted by Crippen LogP contribution is -2.32. The molecule has 0 unspecified atom stereocenters. The Bertz CT molecular complexity index is 831. The van der Waals surface area contributed by atoms with Crippen molar-refractivity contribution in [3.63, 3.8) is 0 Å². The molecule has 5 nitrogen and oxygen atoms in total. The smallest absolute Gasteiger partial charge is 0.262 e. The highest BCUT2D eigenvalue weighted by Gasteiger charge is 2.16. The van der Waals surface area contributed by atoms with Crippen LogP contribution < -0.4 is 5.56 Å². The Hall–Kier alpha value is -1.53. The number of carbonyl (C=O) groups excluding carboxylic acids is 1. The highest BCUT2D eigenvalue weighted by molar-refractivity contribution is 7.99. The van der Waals surface area contributed by atoms with E-state index in [4.69, 9.17) is 11.6 Å². The molecule has 0 aliphatic carbocycles. The van der Waals surface area contributed by atoms with Crippen LogP contribution in [0.25, 0.3) is 10.9 Å². The number of fused-ring (bicyclic) bond motifs is 1. The van der Waals surface area contributed by atoms with Crippen molar-refractivity contribution in [3.8, 4) is 0 Å². The number of nitrogens with zero attached hydrogens (tertiary/aromatic N) is 3. The zero-order valence-corrected chi connectivity index (χ0v) is 17.4. The third-order valence-corrected chi connectivity index (χ3v) is 5.45. The fourth-order valence-corrected chi connectivity index (χ4v) is 3.76. The number of halogens is 1. The minimum atomic E-state index is -0.0786. The molecular formula is C19H26ClN3O2S. The van der Waals surface area contributed by atoms with Gasteiger partial charge in [0.05, 0.1) is 16.7 Å². The van der Waals surface area contributed by atoms with Gasteiger partial charge in [-0.1, -0.05) is 37.2 Å². The predicted molar refractivity (Wildman–Crippen MR) is 109 cm³/mol. The SMILES string of the molecule is CCN(CC)C(=O)CSc1nc2cc(Cl)ccc2c(=O)n1CCC(C)C. The second-order valence-electron chi connectivity index (χ2n) is 6.55. The zero-order valence-electron chi connectivity index (χ0n) is 15.8. The first-order valence-electron chi connectivity index (χ1n) is 8.98. The average molecular weight is 396 g/mol. The van der Waals surface area contributed by atoms with E-state index in [1.165, 1.54) is 11.8 Å². The van der Waals surface area contributed by atoms with Crippen LogP contribution in [0.4, 0.5) is 0 Å². The van der Waals surface area contributed by atoms with Gasteiger partial charge in [-0.05, 0) is 44.4 Å². The zero-order chi connectivity index (χ0) is 19.3. The maximum atomic E-state index is 12.9. The Morgan fingerprint density at radius 1 is 1.31 bits per heavy atom. The maximum absolute atomic E-state index is 12.9. The number of thioether (sulfide) groups is 1. The van der Waals surface area contributed by atoms with E-state index in [0.717, 1.165) is 6.42 Å². The molecule has 1 aromatic carbocycles. The molecule has 26 heavy (non-hydrogen) atoms. The molecule has 0 fully saturated rings. The van der Waals surface area contributed by atoms with E-state index < -0.39 is 0 Å². The molecule has 0 aliphatic rings. The first-order chi connectivity index (χ1) is 12.4. The van der Waals surface area contributed by atoms with Crippen LogP contribution in [0.15, 0.2) is 28.2 Å². The minimum absolute atomic E-state index is 0.0517. The molecule has 142 valence electrons. The van der Waals surface area contributed by atoms with Gasteiger partial charge in [0.1, 0.15) is 0 Å². The number of benzene rings is 1. The van der Waals surface area contributed by atoms with Crippen LogP contribution in [0.1, 0.15) is 34.1 Å². The van der Waals surface area contributed by atoms with Gasteiger partial charge in [-0.2, -0.15) is 0 Å². The fourth-order valence-electron chi connectivity index (χ4n) is 2.66. The number of amides is 1. The van der Waals surface area contributed by atoms with Gasteiger partial charge in [-0.15, -0.1) is 0 Å². The summed E-state index contributed by atoms with van der Waals surface area (Å²) in [5.74, 6) is 0.788. The van der Waals surface area contributed by atoms with Crippen molar-refractivity contribution in [1.82, 2.24) is 14.5 Å². The molecule has 0 atom stereocenters. The molecule has 2 aromatic rings. The molecule has 0 saturated heterocycles. The summed E-state index contributed by atoms with van der Waals surface area (Å²) in [6.45, 7) is 10.1. The van der Waals surface area contributed by atoms with Crippen LogP contribution in [-0.4, -0.2) is 39.2 Å². The van der Waals surface area contributed by atoms with E-state index in [-0.39, 0.29) is 17.2 Å². The molecule has 0 aliphatic heterocycles. The number of aromatic nitrogens is 2. The third kappa shape index (κ3) is 5.01. The van der Waals surface area contributed by atoms with E-state index in [9.17, 15) is 9.59 Å². The molecule has 0 bridgehead atoms. The first kappa shape index (κ1) is 20.8. The van der Waals surface area contributed by atoms with Gasteiger partial charge in [0.25, 0.3) is 5.56 Å². The normalized spacial score (nSPS) is 11.3. The largest absolute Gasteiger partial charge is 0.343 e. The Morgan fingerprint density at radius 3 is 2.62 bits per heavy atom. The first-order valence-corrected chi connectivity index (χ1v) is 10.3. The van der Waals surface area contributed by atoms with Crippen molar-refractivity contribution in [1.29, 1.82) is 0 Å². The molecule has 1 aromatic heterocycles. The molecular weight excluding hydrogens is 370 g/mol. The highest BCUT2D eigenvalue weighted by atomic mass is 35.5. The summed E-state index contributed by atoms with van der Waals surface area (Å²) in [5, 5.41) is 1.67. The quantitative estimate of drug-likeness (QED) is 0.499. The van der Waals surface area contributed by atoms with Crippen LogP contribution in [-0.2, 0) is 11.3 Å². The second-order valence-corrected chi connectivity index (χ2v) is 7.93. The van der Waals surface area contributed by atoms with Gasteiger partial charge >= 0.3 is 0 Å². The number of carbonyl (C=O) groups is 1. The van der Waals surface area contributed by atoms with E-state index in [1.807, 2.05) is 13.8 Å². The molecule has 2 rings (SSSR count). The summed E-state index contributed by atoms with van der Waals surface area (Å²) in [6, 6.07) is 5.12. The van der Waals surface area contributed by atoms with Crippen LogP contribution in [0, 0.1) is 5.92 Å². The van der Waals surface area contributed by atoms with E-state index in [2.05, 4.69) is 18.8 Å². The Balaban J connectivity index is 2.39. The molecule has 0 N–H and O–H groups in total. The molecule has 1 amide bonds. The number of hydrogen-bond acceptors (Lipinski definition) is 4. The monoisotopic (exact) mass is 395 g/mol. The summed E-state index contributed by atoms with van der Waals surface area (Å²) in [4.78, 5) is 31.7. The molecule has 0 radical (unpaired) electrons. The Labute approximate surface area is 163 Å². The summed E-state index contributed by atoms with van der Waals surface area (Å²) >= 11 is 7.37. The Kier molecular flexibility index (Phi) is 7.53. The predicted octanol–water partition coefficient (Wildman–Crippen LogP) is 4.06. The summed E-state index contributed by atoms with van der Waals surface area (Å²) in [6.07, 6.45) is 0.873. The van der Waals surface area contributed by atoms with Crippen molar-refractivity contribution in [2.75, 3.05) is 18.8 Å². The number of rotatable bonds is 8. The van der Waals surface area contributed by atoms with Gasteiger partial charge in [0.15, 0.2) is 5.16 Å². The molecule has 0 spiro atoms. The van der Waals surface area contributed by atoms with Crippen LogP contribution in [0.3, 0.4) is 0 Å². The van der Waals surface area contributed by atoms with Crippen molar-refractivity contribution in [2.24, 2.45) is 5.92 Å². The van der Waals surface area contributed by atoms with Crippen molar-refractivity contribution >= 4 is 40.2 Å². The fraction of sp³-hybridized carbons (Fsp3) is 0.526. The van der Waals surface area contributed by atoms with Gasteiger partial charge in [0, 0.05) is 24.7 Å². The van der Waals surface area contributed by atoms with Crippen LogP contribution in [0.2, 0.25) is 5.02 Å². The van der Waals surface area contributed by atoms with Gasteiger partial charge < -0.3 is 4.90 Å². The summed E-state index contributed by atoms with van der Waals surface area (Å²) in [7, 11) is 0. The van der Waals surface area contributed by atoms with Crippen LogP contribution >= 0.6 is 23.4 Å². The maximum Gasteiger partial charge on any atom is 0.262 e. The third-order valence-electron chi connectivity index (χ3n) is 4.25. The van der Waals surface area contributed by atoms with Crippen molar-refractivity contribution in [2.45, 2.75) is 45.8 Å². The van der Waals surface area contributed by atoms with E-state index in [0.29, 0.717) is 46.6 Å². The summed E-state index contributed by atoms with van der Waals surface area (Å²) in [5.41, 5.74) is 0.492.